The summed E-state index contributed by atoms with van der Waals surface area (Å²) in [4.78, 5) is 0. The van der Waals surface area contributed by atoms with E-state index in [0.717, 1.165) is 0 Å². The van der Waals surface area contributed by atoms with Crippen molar-refractivity contribution in [3.63, 3.8) is 0 Å². The van der Waals surface area contributed by atoms with Gasteiger partial charge in [0.1, 0.15) is 0 Å². The molecule has 0 bridgehead atoms. The van der Waals surface area contributed by atoms with E-state index in [1.54, 1.807) is 22.3 Å². The molecule has 4 aliphatic rings. The van der Waals surface area contributed by atoms with Gasteiger partial charge in [-0.3, -0.25) is 12.2 Å². The molecule has 2 unspecified atom stereocenters. The number of allylic oxidation sites excluding steroid dienone is 8. The summed E-state index contributed by atoms with van der Waals surface area (Å²) in [6.07, 6.45) is 19.1. The Hall–Kier alpha value is 0.423. The second kappa shape index (κ2) is 9.54. The van der Waals surface area contributed by atoms with Crippen LogP contribution >= 0.6 is 0 Å². The zero-order valence-corrected chi connectivity index (χ0v) is 16.8. The molecule has 0 aromatic carbocycles. The molecule has 0 N–H and O–H groups in total. The Morgan fingerprint density at radius 3 is 1.48 bits per heavy atom. The largest absolute Gasteiger partial charge is 4.00 e. The molecule has 0 fully saturated rings. The standard InChI is InChI=1S/2C9H11.2ClH.Zr/c2*1-7-5-6-8-3-2-4-9(7)8;;;/h2*6-7H,2-4H2,1H3;2*1H;/q2*-1;;;+4/p-2. The average molecular weight is 401 g/mol. The molecule has 0 aliphatic heterocycles. The van der Waals surface area contributed by atoms with Crippen molar-refractivity contribution in [1.29, 1.82) is 0 Å². The summed E-state index contributed by atoms with van der Waals surface area (Å²) in [7, 11) is 0. The van der Waals surface area contributed by atoms with Crippen LogP contribution in [0.3, 0.4) is 0 Å². The van der Waals surface area contributed by atoms with Gasteiger partial charge in [-0.15, -0.1) is 0 Å². The van der Waals surface area contributed by atoms with E-state index in [9.17, 15) is 0 Å². The van der Waals surface area contributed by atoms with E-state index in [4.69, 9.17) is 0 Å². The van der Waals surface area contributed by atoms with Gasteiger partial charge in [0, 0.05) is 0 Å². The molecule has 21 heavy (non-hydrogen) atoms. The van der Waals surface area contributed by atoms with Crippen LogP contribution in [0.5, 0.6) is 0 Å². The fourth-order valence-corrected chi connectivity index (χ4v) is 3.55. The normalized spacial score (nSPS) is 27.3. The smallest absolute Gasteiger partial charge is 1.00 e. The molecule has 2 atom stereocenters. The van der Waals surface area contributed by atoms with E-state index in [-0.39, 0.29) is 51.0 Å². The van der Waals surface area contributed by atoms with Crippen LogP contribution in [0.4, 0.5) is 0 Å². The SMILES string of the molecule is CC1[C-]=CC2=C1CCC2.CC1[C-]=CC2=C1CCC2.[Cl-].[Cl-].[Zr+4]. The third-order valence-corrected chi connectivity index (χ3v) is 4.67. The molecule has 0 radical (unpaired) electrons. The molecular formula is C18H22Cl2Zr. The Kier molecular flexibility index (Phi) is 9.73. The van der Waals surface area contributed by atoms with Gasteiger partial charge in [0.05, 0.1) is 0 Å². The molecule has 3 heteroatoms. The molecule has 4 rings (SSSR count). The second-order valence-corrected chi connectivity index (χ2v) is 5.87. The van der Waals surface area contributed by atoms with E-state index in [0.29, 0.717) is 11.8 Å². The van der Waals surface area contributed by atoms with Crippen molar-refractivity contribution >= 4 is 0 Å². The Morgan fingerprint density at radius 1 is 0.762 bits per heavy atom. The van der Waals surface area contributed by atoms with Crippen molar-refractivity contribution in [1.82, 2.24) is 0 Å². The molecule has 112 valence electrons. The monoisotopic (exact) mass is 398 g/mol. The van der Waals surface area contributed by atoms with Crippen LogP contribution in [-0.4, -0.2) is 0 Å². The Labute approximate surface area is 161 Å². The van der Waals surface area contributed by atoms with Gasteiger partial charge in [-0.1, -0.05) is 64.2 Å². The zero-order valence-electron chi connectivity index (χ0n) is 12.8. The molecule has 0 aromatic rings. The van der Waals surface area contributed by atoms with Gasteiger partial charge in [-0.05, 0) is 0 Å². The first-order valence-electron chi connectivity index (χ1n) is 7.38. The molecule has 0 saturated heterocycles. The van der Waals surface area contributed by atoms with Crippen LogP contribution in [0.1, 0.15) is 52.4 Å². The van der Waals surface area contributed by atoms with Crippen molar-refractivity contribution < 1.29 is 51.0 Å². The van der Waals surface area contributed by atoms with Gasteiger partial charge in [-0.2, -0.15) is 22.3 Å². The summed E-state index contributed by atoms with van der Waals surface area (Å²) in [5.41, 5.74) is 6.50. The first-order valence-corrected chi connectivity index (χ1v) is 7.38. The third kappa shape index (κ3) is 4.70. The van der Waals surface area contributed by atoms with Gasteiger partial charge in [0.15, 0.2) is 0 Å². The van der Waals surface area contributed by atoms with Gasteiger partial charge in [0.25, 0.3) is 0 Å². The van der Waals surface area contributed by atoms with Crippen molar-refractivity contribution in [2.45, 2.75) is 52.4 Å². The van der Waals surface area contributed by atoms with Crippen LogP contribution < -0.4 is 24.8 Å². The number of hydrogen-bond acceptors (Lipinski definition) is 0. The Bertz CT molecular complexity index is 428. The molecule has 0 heterocycles. The first-order chi connectivity index (χ1) is 8.75. The molecule has 0 spiro atoms. The average Bonchev–Trinajstić information content (AvgIpc) is 3.06. The molecule has 0 amide bonds. The summed E-state index contributed by atoms with van der Waals surface area (Å²) in [5, 5.41) is 0. The number of hydrogen-bond donors (Lipinski definition) is 0. The first kappa shape index (κ1) is 21.4. The summed E-state index contributed by atoms with van der Waals surface area (Å²) < 4.78 is 0. The van der Waals surface area contributed by atoms with Crippen LogP contribution in [-0.2, 0) is 26.2 Å². The van der Waals surface area contributed by atoms with Crippen molar-refractivity contribution in [3.05, 3.63) is 46.6 Å². The summed E-state index contributed by atoms with van der Waals surface area (Å²) in [5.74, 6) is 1.28. The molecule has 0 saturated carbocycles. The van der Waals surface area contributed by atoms with Crippen molar-refractivity contribution in [2.24, 2.45) is 11.8 Å². The van der Waals surface area contributed by atoms with E-state index in [1.807, 2.05) is 0 Å². The number of halogens is 2. The summed E-state index contributed by atoms with van der Waals surface area (Å²) >= 11 is 0. The Balaban J connectivity index is 0.000000333. The maximum absolute atomic E-state index is 3.32. The molecular weight excluding hydrogens is 378 g/mol. The van der Waals surface area contributed by atoms with E-state index in [2.05, 4.69) is 38.2 Å². The minimum atomic E-state index is 0. The van der Waals surface area contributed by atoms with E-state index < -0.39 is 0 Å². The van der Waals surface area contributed by atoms with Crippen molar-refractivity contribution in [3.8, 4) is 0 Å². The predicted molar refractivity (Wildman–Crippen MR) is 75.7 cm³/mol. The molecule has 0 nitrogen and oxygen atoms in total. The quantitative estimate of drug-likeness (QED) is 0.456. The minimum Gasteiger partial charge on any atom is -1.00 e. The Morgan fingerprint density at radius 2 is 1.14 bits per heavy atom. The predicted octanol–water partition coefficient (Wildman–Crippen LogP) is -1.04. The van der Waals surface area contributed by atoms with Crippen LogP contribution in [0, 0.1) is 24.0 Å². The van der Waals surface area contributed by atoms with E-state index >= 15 is 0 Å². The van der Waals surface area contributed by atoms with Crippen LogP contribution in [0.25, 0.3) is 0 Å². The maximum Gasteiger partial charge on any atom is 4.00 e. The van der Waals surface area contributed by atoms with Crippen molar-refractivity contribution in [2.75, 3.05) is 0 Å². The number of rotatable bonds is 0. The van der Waals surface area contributed by atoms with Crippen LogP contribution in [0.2, 0.25) is 0 Å². The van der Waals surface area contributed by atoms with Gasteiger partial charge in [-0.25, -0.2) is 12.2 Å². The molecule has 0 aromatic heterocycles. The van der Waals surface area contributed by atoms with E-state index in [1.165, 1.54) is 38.5 Å². The fourth-order valence-electron chi connectivity index (χ4n) is 3.55. The second-order valence-electron chi connectivity index (χ2n) is 5.87. The minimum absolute atomic E-state index is 0. The molecule has 4 aliphatic carbocycles. The fraction of sp³-hybridized carbons (Fsp3) is 0.556. The summed E-state index contributed by atoms with van der Waals surface area (Å²) in [6, 6.07) is 0. The van der Waals surface area contributed by atoms with Gasteiger partial charge in [0.2, 0.25) is 0 Å². The topological polar surface area (TPSA) is 0 Å². The maximum atomic E-state index is 3.32. The third-order valence-electron chi connectivity index (χ3n) is 4.67. The van der Waals surface area contributed by atoms with Gasteiger partial charge >= 0.3 is 26.2 Å². The summed E-state index contributed by atoms with van der Waals surface area (Å²) in [6.45, 7) is 4.48. The zero-order chi connectivity index (χ0) is 12.5. The van der Waals surface area contributed by atoms with Crippen LogP contribution in [0.15, 0.2) is 34.4 Å². The van der Waals surface area contributed by atoms with Gasteiger partial charge < -0.3 is 24.8 Å².